The van der Waals surface area contributed by atoms with Crippen molar-refractivity contribution in [1.29, 1.82) is 0 Å². The van der Waals surface area contributed by atoms with Gasteiger partial charge in [0.15, 0.2) is 11.5 Å². The van der Waals surface area contributed by atoms with Gasteiger partial charge in [-0.05, 0) is 24.1 Å². The lowest BCUT2D eigenvalue weighted by molar-refractivity contribution is -0.0560. The normalized spacial score (nSPS) is 12.4. The maximum atomic E-state index is 12.1. The van der Waals surface area contributed by atoms with E-state index >= 15 is 0 Å². The van der Waals surface area contributed by atoms with Crippen LogP contribution in [-0.2, 0) is 6.42 Å². The molecule has 1 aromatic rings. The molecule has 0 bridgehead atoms. The Morgan fingerprint density at radius 3 is 2.37 bits per heavy atom. The summed E-state index contributed by atoms with van der Waals surface area (Å²) < 4.78 is 46.4. The van der Waals surface area contributed by atoms with Gasteiger partial charge in [0.05, 0.1) is 14.2 Å². The molecule has 0 aliphatic carbocycles. The van der Waals surface area contributed by atoms with Gasteiger partial charge >= 0.3 is 6.18 Å². The molecule has 1 rings (SSSR count). The van der Waals surface area contributed by atoms with Crippen LogP contribution in [0, 0.1) is 0 Å². The van der Waals surface area contributed by atoms with Gasteiger partial charge in [-0.25, -0.2) is 0 Å². The van der Waals surface area contributed by atoms with Crippen LogP contribution in [0.15, 0.2) is 23.2 Å². The van der Waals surface area contributed by atoms with Crippen LogP contribution in [0.1, 0.15) is 5.56 Å². The zero-order valence-corrected chi connectivity index (χ0v) is 11.2. The van der Waals surface area contributed by atoms with E-state index in [0.29, 0.717) is 17.9 Å². The third kappa shape index (κ3) is 4.63. The summed E-state index contributed by atoms with van der Waals surface area (Å²) in [4.78, 5) is 3.27. The van der Waals surface area contributed by atoms with Gasteiger partial charge in [0.25, 0.3) is 0 Å². The molecule has 1 aromatic carbocycles. The van der Waals surface area contributed by atoms with Crippen molar-refractivity contribution in [3.63, 3.8) is 0 Å². The number of nitrogens with zero attached hydrogens (tertiary/aromatic N) is 1. The molecule has 0 atom stereocenters. The van der Waals surface area contributed by atoms with E-state index < -0.39 is 11.3 Å². The van der Waals surface area contributed by atoms with Gasteiger partial charge in [-0.15, -0.1) is 0 Å². The van der Waals surface area contributed by atoms with Crippen molar-refractivity contribution >= 4 is 16.8 Å². The van der Waals surface area contributed by atoms with Crippen molar-refractivity contribution in [3.8, 4) is 11.5 Å². The van der Waals surface area contributed by atoms with Crippen molar-refractivity contribution in [1.82, 2.24) is 0 Å². The lowest BCUT2D eigenvalue weighted by atomic mass is 10.1. The molecule has 0 amide bonds. The van der Waals surface area contributed by atoms with E-state index in [9.17, 15) is 13.2 Å². The molecule has 3 nitrogen and oxygen atoms in total. The minimum absolute atomic E-state index is 0.0478. The largest absolute Gasteiger partial charge is 0.493 e. The van der Waals surface area contributed by atoms with Crippen molar-refractivity contribution in [3.05, 3.63) is 23.8 Å². The van der Waals surface area contributed by atoms with E-state index in [-0.39, 0.29) is 6.54 Å². The van der Waals surface area contributed by atoms with Crippen molar-refractivity contribution in [2.24, 2.45) is 4.99 Å². The molecule has 0 unspecified atom stereocenters. The number of benzene rings is 1. The number of rotatable bonds is 5. The highest BCUT2D eigenvalue weighted by atomic mass is 35.5. The second kappa shape index (κ2) is 6.65. The fourth-order valence-corrected chi connectivity index (χ4v) is 1.49. The van der Waals surface area contributed by atoms with Crippen LogP contribution in [0.5, 0.6) is 11.5 Å². The van der Waals surface area contributed by atoms with E-state index in [1.54, 1.807) is 18.2 Å². The topological polar surface area (TPSA) is 30.8 Å². The zero-order valence-electron chi connectivity index (χ0n) is 10.4. The SMILES string of the molecule is COc1ccc(CCN=C(Cl)C(F)(F)F)cc1OC. The van der Waals surface area contributed by atoms with E-state index in [4.69, 9.17) is 21.1 Å². The summed E-state index contributed by atoms with van der Waals surface area (Å²) in [6.45, 7) is -0.0478. The first kappa shape index (κ1) is 15.6. The predicted octanol–water partition coefficient (Wildman–Crippen LogP) is 3.45. The lowest BCUT2D eigenvalue weighted by Crippen LogP contribution is -2.17. The van der Waals surface area contributed by atoms with E-state index in [0.717, 1.165) is 5.56 Å². The quantitative estimate of drug-likeness (QED) is 0.779. The lowest BCUT2D eigenvalue weighted by Gasteiger charge is -2.09. The van der Waals surface area contributed by atoms with Crippen molar-refractivity contribution in [2.75, 3.05) is 20.8 Å². The number of hydrogen-bond acceptors (Lipinski definition) is 3. The highest BCUT2D eigenvalue weighted by Crippen LogP contribution is 2.27. The average molecular weight is 296 g/mol. The molecule has 0 N–H and O–H groups in total. The van der Waals surface area contributed by atoms with Crippen molar-refractivity contribution in [2.45, 2.75) is 12.6 Å². The Kier molecular flexibility index (Phi) is 5.47. The first-order valence-electron chi connectivity index (χ1n) is 5.36. The Labute approximate surface area is 114 Å². The molecule has 7 heteroatoms. The summed E-state index contributed by atoms with van der Waals surface area (Å²) in [7, 11) is 2.99. The molecule has 19 heavy (non-hydrogen) atoms. The third-order valence-corrected chi connectivity index (χ3v) is 2.67. The minimum atomic E-state index is -4.58. The molecule has 106 valence electrons. The summed E-state index contributed by atoms with van der Waals surface area (Å²) in [6, 6.07) is 5.11. The number of methoxy groups -OCH3 is 2. The van der Waals surface area contributed by atoms with Crippen LogP contribution >= 0.6 is 11.6 Å². The summed E-state index contributed by atoms with van der Waals surface area (Å²) in [5, 5.41) is -1.34. The molecule has 0 fully saturated rings. The van der Waals surface area contributed by atoms with Crippen LogP contribution in [-0.4, -0.2) is 32.1 Å². The minimum Gasteiger partial charge on any atom is -0.493 e. The van der Waals surface area contributed by atoms with E-state index in [2.05, 4.69) is 4.99 Å². The highest BCUT2D eigenvalue weighted by Gasteiger charge is 2.34. The molecule has 0 radical (unpaired) electrons. The second-order valence-electron chi connectivity index (χ2n) is 3.61. The fourth-order valence-electron chi connectivity index (χ4n) is 1.41. The summed E-state index contributed by atoms with van der Waals surface area (Å²) in [5.74, 6) is 1.08. The summed E-state index contributed by atoms with van der Waals surface area (Å²) >= 11 is 5.01. The number of ether oxygens (including phenoxy) is 2. The van der Waals surface area contributed by atoms with E-state index in [1.807, 2.05) is 0 Å². The molecule has 0 spiro atoms. The summed E-state index contributed by atoms with van der Waals surface area (Å²) in [5.41, 5.74) is 0.785. The summed E-state index contributed by atoms with van der Waals surface area (Å²) in [6.07, 6.45) is -4.26. The standard InChI is InChI=1S/C12H13ClF3NO2/c1-18-9-4-3-8(7-10(9)19-2)5-6-17-11(13)12(14,15)16/h3-4,7H,5-6H2,1-2H3. The van der Waals surface area contributed by atoms with Gasteiger partial charge in [-0.1, -0.05) is 17.7 Å². The Bertz CT molecular complexity index is 461. The van der Waals surface area contributed by atoms with Gasteiger partial charge in [0.2, 0.25) is 5.17 Å². The second-order valence-corrected chi connectivity index (χ2v) is 3.97. The third-order valence-electron chi connectivity index (χ3n) is 2.33. The molecule has 0 saturated heterocycles. The molecular formula is C12H13ClF3NO2. The molecule has 0 aliphatic heterocycles. The molecule has 0 saturated carbocycles. The average Bonchev–Trinajstić information content (AvgIpc) is 2.37. The number of hydrogen-bond donors (Lipinski definition) is 0. The number of aliphatic imine (C=N–C) groups is 1. The van der Waals surface area contributed by atoms with Gasteiger partial charge in [0, 0.05) is 6.54 Å². The molecular weight excluding hydrogens is 283 g/mol. The van der Waals surface area contributed by atoms with Crippen LogP contribution < -0.4 is 9.47 Å². The Morgan fingerprint density at radius 1 is 1.21 bits per heavy atom. The van der Waals surface area contributed by atoms with Crippen LogP contribution in [0.25, 0.3) is 0 Å². The van der Waals surface area contributed by atoms with Crippen LogP contribution in [0.3, 0.4) is 0 Å². The molecule has 0 heterocycles. The van der Waals surface area contributed by atoms with Gasteiger partial charge in [-0.3, -0.25) is 4.99 Å². The predicted molar refractivity (Wildman–Crippen MR) is 67.5 cm³/mol. The monoisotopic (exact) mass is 295 g/mol. The van der Waals surface area contributed by atoms with Crippen LogP contribution in [0.2, 0.25) is 0 Å². The zero-order chi connectivity index (χ0) is 14.5. The van der Waals surface area contributed by atoms with Crippen molar-refractivity contribution < 1.29 is 22.6 Å². The van der Waals surface area contributed by atoms with Crippen LogP contribution in [0.4, 0.5) is 13.2 Å². The molecule has 0 aromatic heterocycles. The number of alkyl halides is 3. The highest BCUT2D eigenvalue weighted by molar-refractivity contribution is 6.66. The van der Waals surface area contributed by atoms with Gasteiger partial charge in [-0.2, -0.15) is 13.2 Å². The Hall–Kier alpha value is -1.43. The Balaban J connectivity index is 2.69. The fraction of sp³-hybridized carbons (Fsp3) is 0.417. The smallest absolute Gasteiger partial charge is 0.444 e. The first-order valence-corrected chi connectivity index (χ1v) is 5.74. The van der Waals surface area contributed by atoms with Gasteiger partial charge < -0.3 is 9.47 Å². The Morgan fingerprint density at radius 2 is 1.84 bits per heavy atom. The maximum Gasteiger partial charge on any atom is 0.444 e. The van der Waals surface area contributed by atoms with E-state index in [1.165, 1.54) is 14.2 Å². The molecule has 0 aliphatic rings. The van der Waals surface area contributed by atoms with Gasteiger partial charge in [0.1, 0.15) is 0 Å². The first-order chi connectivity index (χ1) is 8.88. The maximum absolute atomic E-state index is 12.1. The number of halogens is 4.